The molecule has 0 nitrogen and oxygen atoms in total. The van der Waals surface area contributed by atoms with Crippen molar-refractivity contribution in [2.75, 3.05) is 0 Å². The Labute approximate surface area is 59.0 Å². The Morgan fingerprint density at radius 3 is 2.44 bits per heavy atom. The van der Waals surface area contributed by atoms with E-state index in [4.69, 9.17) is 0 Å². The fourth-order valence-electron chi connectivity index (χ4n) is 0.657. The maximum atomic E-state index is 3.91. The molecule has 0 N–H and O–H groups in total. The lowest BCUT2D eigenvalue weighted by Crippen LogP contribution is -1.84. The monoisotopic (exact) mass is 125 g/mol. The van der Waals surface area contributed by atoms with E-state index < -0.39 is 0 Å². The Bertz CT molecular complexity index is 84.2. The molecular weight excluding hydrogens is 108 g/mol. The highest BCUT2D eigenvalue weighted by molar-refractivity contribution is 4.92. The van der Waals surface area contributed by atoms with E-state index >= 15 is 0 Å². The molecule has 0 fully saturated rings. The molecule has 0 heterocycles. The standard InChI is InChI=1S/C9H17/c1-8(2)6-5-7-9(3)4/h7-8H,1,5-6H2,2-4H3/t8-/m0/s1. The van der Waals surface area contributed by atoms with E-state index in [1.54, 1.807) is 0 Å². The van der Waals surface area contributed by atoms with E-state index in [1.807, 2.05) is 0 Å². The SMILES string of the molecule is [CH2][C@@H](C)CCC=C(C)C. The fourth-order valence-corrected chi connectivity index (χ4v) is 0.657. The molecule has 0 saturated heterocycles. The van der Waals surface area contributed by atoms with E-state index in [0.29, 0.717) is 5.92 Å². The first-order valence-corrected chi connectivity index (χ1v) is 3.59. The molecule has 0 aromatic heterocycles. The Morgan fingerprint density at radius 2 is 2.11 bits per heavy atom. The maximum absolute atomic E-state index is 3.91. The summed E-state index contributed by atoms with van der Waals surface area (Å²) in [6.45, 7) is 10.3. The van der Waals surface area contributed by atoms with Gasteiger partial charge in [-0.05, 0) is 32.6 Å². The normalized spacial score (nSPS) is 9.89. The number of hydrogen-bond acceptors (Lipinski definition) is 0. The molecule has 0 aromatic carbocycles. The van der Waals surface area contributed by atoms with Crippen molar-refractivity contribution in [2.24, 2.45) is 5.92 Å². The second-order valence-electron chi connectivity index (χ2n) is 2.96. The van der Waals surface area contributed by atoms with Gasteiger partial charge in [0.05, 0.1) is 0 Å². The van der Waals surface area contributed by atoms with E-state index in [0.717, 1.165) is 0 Å². The molecule has 9 heavy (non-hydrogen) atoms. The van der Waals surface area contributed by atoms with Crippen molar-refractivity contribution in [3.8, 4) is 0 Å². The van der Waals surface area contributed by atoms with E-state index in [-0.39, 0.29) is 0 Å². The fraction of sp³-hybridized carbons (Fsp3) is 0.667. The molecule has 0 aromatic rings. The van der Waals surface area contributed by atoms with Crippen LogP contribution < -0.4 is 0 Å². The van der Waals surface area contributed by atoms with Gasteiger partial charge >= 0.3 is 0 Å². The van der Waals surface area contributed by atoms with Gasteiger partial charge in [0, 0.05) is 0 Å². The van der Waals surface area contributed by atoms with Crippen molar-refractivity contribution >= 4 is 0 Å². The summed E-state index contributed by atoms with van der Waals surface area (Å²) in [5.41, 5.74) is 1.41. The minimum Gasteiger partial charge on any atom is -0.0859 e. The molecule has 1 radical (unpaired) electrons. The molecule has 0 aliphatic carbocycles. The summed E-state index contributed by atoms with van der Waals surface area (Å²) in [5, 5.41) is 0. The topological polar surface area (TPSA) is 0 Å². The Balaban J connectivity index is 3.20. The molecule has 0 aliphatic heterocycles. The lowest BCUT2D eigenvalue weighted by atomic mass is 10.1. The zero-order valence-electron chi connectivity index (χ0n) is 6.78. The zero-order chi connectivity index (χ0) is 7.28. The van der Waals surface area contributed by atoms with E-state index in [2.05, 4.69) is 33.8 Å². The highest BCUT2D eigenvalue weighted by atomic mass is 14.0. The molecule has 1 atom stereocenters. The minimum absolute atomic E-state index is 0.598. The van der Waals surface area contributed by atoms with Gasteiger partial charge in [0.2, 0.25) is 0 Å². The van der Waals surface area contributed by atoms with Crippen molar-refractivity contribution in [1.82, 2.24) is 0 Å². The quantitative estimate of drug-likeness (QED) is 0.508. The molecule has 0 amide bonds. The summed E-state index contributed by atoms with van der Waals surface area (Å²) < 4.78 is 0. The molecule has 0 spiro atoms. The van der Waals surface area contributed by atoms with Crippen LogP contribution in [0.25, 0.3) is 0 Å². The van der Waals surface area contributed by atoms with Crippen molar-refractivity contribution < 1.29 is 0 Å². The summed E-state index contributed by atoms with van der Waals surface area (Å²) in [6, 6.07) is 0. The van der Waals surface area contributed by atoms with Crippen molar-refractivity contribution in [2.45, 2.75) is 33.6 Å². The number of rotatable bonds is 3. The van der Waals surface area contributed by atoms with Crippen LogP contribution in [-0.4, -0.2) is 0 Å². The van der Waals surface area contributed by atoms with Crippen LogP contribution in [0.3, 0.4) is 0 Å². The van der Waals surface area contributed by atoms with Gasteiger partial charge in [-0.1, -0.05) is 25.5 Å². The second kappa shape index (κ2) is 4.60. The zero-order valence-corrected chi connectivity index (χ0v) is 6.78. The van der Waals surface area contributed by atoms with Crippen molar-refractivity contribution in [1.29, 1.82) is 0 Å². The van der Waals surface area contributed by atoms with Crippen LogP contribution in [0.4, 0.5) is 0 Å². The number of hydrogen-bond donors (Lipinski definition) is 0. The minimum atomic E-state index is 0.598. The van der Waals surface area contributed by atoms with Crippen LogP contribution in [0.2, 0.25) is 0 Å². The van der Waals surface area contributed by atoms with Crippen LogP contribution in [0.15, 0.2) is 11.6 Å². The van der Waals surface area contributed by atoms with Gasteiger partial charge in [0.1, 0.15) is 0 Å². The number of allylic oxidation sites excluding steroid dienone is 2. The van der Waals surface area contributed by atoms with Crippen molar-refractivity contribution in [3.05, 3.63) is 18.6 Å². The summed E-state index contributed by atoms with van der Waals surface area (Å²) in [4.78, 5) is 0. The van der Waals surface area contributed by atoms with Gasteiger partial charge < -0.3 is 0 Å². The summed E-state index contributed by atoms with van der Waals surface area (Å²) in [6.07, 6.45) is 4.67. The third kappa shape index (κ3) is 7.74. The first-order chi connectivity index (χ1) is 4.13. The molecule has 0 aliphatic rings. The molecular formula is C9H17. The smallest absolute Gasteiger partial charge is 0.0346 e. The Hall–Kier alpha value is -0.260. The highest BCUT2D eigenvalue weighted by Gasteiger charge is 1.89. The second-order valence-corrected chi connectivity index (χ2v) is 2.96. The third-order valence-corrected chi connectivity index (χ3v) is 1.21. The largest absolute Gasteiger partial charge is 0.0859 e. The van der Waals surface area contributed by atoms with Crippen LogP contribution in [0, 0.1) is 12.8 Å². The summed E-state index contributed by atoms with van der Waals surface area (Å²) in [7, 11) is 0. The predicted octanol–water partition coefficient (Wildman–Crippen LogP) is 3.20. The van der Waals surface area contributed by atoms with Gasteiger partial charge in [-0.2, -0.15) is 0 Å². The van der Waals surface area contributed by atoms with Gasteiger partial charge in [0.15, 0.2) is 0 Å². The van der Waals surface area contributed by atoms with E-state index in [9.17, 15) is 0 Å². The average Bonchev–Trinajstić information content (AvgIpc) is 1.63. The third-order valence-electron chi connectivity index (χ3n) is 1.21. The lowest BCUT2D eigenvalue weighted by molar-refractivity contribution is 0.652. The first kappa shape index (κ1) is 8.74. The van der Waals surface area contributed by atoms with Gasteiger partial charge in [-0.15, -0.1) is 0 Å². The van der Waals surface area contributed by atoms with Crippen LogP contribution in [-0.2, 0) is 0 Å². The first-order valence-electron chi connectivity index (χ1n) is 3.59. The predicted molar refractivity (Wildman–Crippen MR) is 43.2 cm³/mol. The summed E-state index contributed by atoms with van der Waals surface area (Å²) >= 11 is 0. The lowest BCUT2D eigenvalue weighted by Gasteiger charge is -1.98. The molecule has 0 saturated carbocycles. The van der Waals surface area contributed by atoms with Crippen LogP contribution in [0.5, 0.6) is 0 Å². The Kier molecular flexibility index (Phi) is 4.47. The van der Waals surface area contributed by atoms with Crippen LogP contribution >= 0.6 is 0 Å². The van der Waals surface area contributed by atoms with Gasteiger partial charge in [-0.3, -0.25) is 0 Å². The van der Waals surface area contributed by atoms with Crippen LogP contribution in [0.1, 0.15) is 33.6 Å². The molecule has 0 rings (SSSR count). The van der Waals surface area contributed by atoms with Gasteiger partial charge in [-0.25, -0.2) is 0 Å². The summed E-state index contributed by atoms with van der Waals surface area (Å²) in [5.74, 6) is 0.598. The maximum Gasteiger partial charge on any atom is -0.0346 e. The molecule has 0 unspecified atom stereocenters. The Morgan fingerprint density at radius 1 is 1.56 bits per heavy atom. The molecule has 53 valence electrons. The average molecular weight is 125 g/mol. The molecule has 0 heteroatoms. The van der Waals surface area contributed by atoms with E-state index in [1.165, 1.54) is 18.4 Å². The van der Waals surface area contributed by atoms with Crippen molar-refractivity contribution in [3.63, 3.8) is 0 Å². The van der Waals surface area contributed by atoms with Gasteiger partial charge in [0.25, 0.3) is 0 Å². The highest BCUT2D eigenvalue weighted by Crippen LogP contribution is 2.04. The molecule has 0 bridgehead atoms.